The second-order valence-corrected chi connectivity index (χ2v) is 6.81. The molecule has 1 aromatic heterocycles. The van der Waals surface area contributed by atoms with Crippen molar-refractivity contribution in [3.63, 3.8) is 0 Å². The van der Waals surface area contributed by atoms with Crippen LogP contribution < -0.4 is 4.74 Å². The van der Waals surface area contributed by atoms with Crippen LogP contribution in [0.5, 0.6) is 5.75 Å². The molecule has 0 bridgehead atoms. The summed E-state index contributed by atoms with van der Waals surface area (Å²) in [7, 11) is 3.43. The van der Waals surface area contributed by atoms with Crippen molar-refractivity contribution < 1.29 is 18.3 Å². The Labute approximate surface area is 144 Å². The van der Waals surface area contributed by atoms with Gasteiger partial charge in [0.2, 0.25) is 5.91 Å². The zero-order valence-electron chi connectivity index (χ0n) is 14.0. The van der Waals surface area contributed by atoms with Crippen molar-refractivity contribution in [3.8, 4) is 5.75 Å². The summed E-state index contributed by atoms with van der Waals surface area (Å²) in [6.45, 7) is 4.01. The van der Waals surface area contributed by atoms with E-state index in [0.717, 1.165) is 0 Å². The lowest BCUT2D eigenvalue weighted by Crippen LogP contribution is -2.34. The summed E-state index contributed by atoms with van der Waals surface area (Å²) in [5.41, 5.74) is 0. The highest BCUT2D eigenvalue weighted by atomic mass is 32.2. The van der Waals surface area contributed by atoms with Crippen molar-refractivity contribution in [1.29, 1.82) is 0 Å². The molecule has 0 aliphatic heterocycles. The van der Waals surface area contributed by atoms with Crippen molar-refractivity contribution in [2.45, 2.75) is 30.9 Å². The molecule has 0 unspecified atom stereocenters. The largest absolute Gasteiger partial charge is 0.484 e. The van der Waals surface area contributed by atoms with E-state index in [-0.39, 0.29) is 29.5 Å². The number of benzene rings is 1. The normalized spacial score (nSPS) is 12.2. The predicted molar refractivity (Wildman–Crippen MR) is 88.2 cm³/mol. The molecule has 0 saturated carbocycles. The molecule has 0 aliphatic rings. The third-order valence-corrected chi connectivity index (χ3v) is 4.51. The summed E-state index contributed by atoms with van der Waals surface area (Å²) in [6, 6.07) is 5.66. The van der Waals surface area contributed by atoms with Crippen LogP contribution in [-0.4, -0.2) is 40.3 Å². The fourth-order valence-corrected chi connectivity index (χ4v) is 2.89. The summed E-state index contributed by atoms with van der Waals surface area (Å²) in [4.78, 5) is 13.7. The van der Waals surface area contributed by atoms with Gasteiger partial charge in [0.1, 0.15) is 11.6 Å². The number of thioether (sulfide) groups is 1. The van der Waals surface area contributed by atoms with Gasteiger partial charge in [0.15, 0.2) is 6.61 Å². The Bertz CT molecular complexity index is 673. The summed E-state index contributed by atoms with van der Waals surface area (Å²) >= 11 is 1.24. The number of amides is 1. The number of rotatable bonds is 7. The van der Waals surface area contributed by atoms with Gasteiger partial charge >= 0.3 is 0 Å². The van der Waals surface area contributed by atoms with E-state index >= 15 is 0 Å². The topological polar surface area (TPSA) is 68.5 Å². The molecule has 1 aromatic carbocycles. The molecular formula is C16H20FN3O3S. The minimum absolute atomic E-state index is 0.00249. The summed E-state index contributed by atoms with van der Waals surface area (Å²) in [5.74, 6) is 0.588. The van der Waals surface area contributed by atoms with Crippen LogP contribution in [0.25, 0.3) is 0 Å². The Morgan fingerprint density at radius 1 is 1.29 bits per heavy atom. The van der Waals surface area contributed by atoms with Crippen LogP contribution in [0, 0.1) is 11.7 Å². The molecule has 24 heavy (non-hydrogen) atoms. The van der Waals surface area contributed by atoms with Gasteiger partial charge in [-0.05, 0) is 30.2 Å². The number of aromatic nitrogens is 2. The van der Waals surface area contributed by atoms with E-state index in [9.17, 15) is 9.18 Å². The average Bonchev–Trinajstić information content (AvgIpc) is 2.98. The Morgan fingerprint density at radius 3 is 2.54 bits per heavy atom. The Morgan fingerprint density at radius 2 is 1.96 bits per heavy atom. The van der Waals surface area contributed by atoms with Crippen LogP contribution in [-0.2, 0) is 11.4 Å². The van der Waals surface area contributed by atoms with E-state index < -0.39 is 0 Å². The molecule has 8 heteroatoms. The summed E-state index contributed by atoms with van der Waals surface area (Å²) in [6.07, 6.45) is 0. The zero-order chi connectivity index (χ0) is 17.7. The molecule has 1 atom stereocenters. The van der Waals surface area contributed by atoms with Gasteiger partial charge in [-0.25, -0.2) is 4.39 Å². The van der Waals surface area contributed by atoms with E-state index in [2.05, 4.69) is 10.2 Å². The highest BCUT2D eigenvalue weighted by molar-refractivity contribution is 8.00. The lowest BCUT2D eigenvalue weighted by molar-refractivity contribution is -0.128. The standard InChI is InChI=1S/C16H20FN3O3S/c1-10(2)14(15(21)20(3)4)24-16-19-18-13(23-16)9-22-12-7-5-11(17)6-8-12/h5-8,10,14H,9H2,1-4H3/t14-/m0/s1. The maximum atomic E-state index is 12.8. The van der Waals surface area contributed by atoms with Crippen LogP contribution in [0.15, 0.2) is 33.9 Å². The predicted octanol–water partition coefficient (Wildman–Crippen LogP) is 2.99. The van der Waals surface area contributed by atoms with Gasteiger partial charge in [-0.2, -0.15) is 0 Å². The van der Waals surface area contributed by atoms with Crippen LogP contribution in [0.1, 0.15) is 19.7 Å². The van der Waals surface area contributed by atoms with Gasteiger partial charge in [-0.3, -0.25) is 4.79 Å². The minimum Gasteiger partial charge on any atom is -0.484 e. The van der Waals surface area contributed by atoms with Gasteiger partial charge in [0.25, 0.3) is 11.1 Å². The first-order valence-corrected chi connectivity index (χ1v) is 8.33. The summed E-state index contributed by atoms with van der Waals surface area (Å²) < 4.78 is 23.8. The van der Waals surface area contributed by atoms with E-state index in [1.54, 1.807) is 19.0 Å². The summed E-state index contributed by atoms with van der Waals surface area (Å²) in [5, 5.41) is 7.87. The molecule has 1 heterocycles. The van der Waals surface area contributed by atoms with Crippen molar-refractivity contribution in [1.82, 2.24) is 15.1 Å². The monoisotopic (exact) mass is 353 g/mol. The minimum atomic E-state index is -0.330. The first-order chi connectivity index (χ1) is 11.4. The lowest BCUT2D eigenvalue weighted by Gasteiger charge is -2.21. The SMILES string of the molecule is CC(C)[C@H](Sc1nnc(COc2ccc(F)cc2)o1)C(=O)N(C)C. The Hall–Kier alpha value is -2.09. The molecule has 0 radical (unpaired) electrons. The van der Waals surface area contributed by atoms with Crippen LogP contribution in [0.2, 0.25) is 0 Å². The maximum absolute atomic E-state index is 12.8. The molecule has 0 N–H and O–H groups in total. The number of hydrogen-bond donors (Lipinski definition) is 0. The Balaban J connectivity index is 1.96. The first kappa shape index (κ1) is 18.3. The van der Waals surface area contributed by atoms with E-state index in [0.29, 0.717) is 16.9 Å². The lowest BCUT2D eigenvalue weighted by atomic mass is 10.1. The van der Waals surface area contributed by atoms with Gasteiger partial charge in [-0.1, -0.05) is 25.6 Å². The van der Waals surface area contributed by atoms with E-state index in [4.69, 9.17) is 9.15 Å². The molecule has 0 aliphatic carbocycles. The number of hydrogen-bond acceptors (Lipinski definition) is 6. The van der Waals surface area contributed by atoms with Crippen LogP contribution in [0.4, 0.5) is 4.39 Å². The smallest absolute Gasteiger partial charge is 0.277 e. The number of ether oxygens (including phenoxy) is 1. The van der Waals surface area contributed by atoms with Gasteiger partial charge in [0.05, 0.1) is 5.25 Å². The molecule has 2 aromatic rings. The molecule has 0 fully saturated rings. The fourth-order valence-electron chi connectivity index (χ4n) is 1.85. The molecule has 6 nitrogen and oxygen atoms in total. The highest BCUT2D eigenvalue weighted by Gasteiger charge is 2.27. The van der Waals surface area contributed by atoms with E-state index in [1.807, 2.05) is 13.8 Å². The van der Waals surface area contributed by atoms with Crippen molar-refractivity contribution >= 4 is 17.7 Å². The first-order valence-electron chi connectivity index (χ1n) is 7.45. The van der Waals surface area contributed by atoms with E-state index in [1.165, 1.54) is 36.0 Å². The number of nitrogens with zero attached hydrogens (tertiary/aromatic N) is 3. The highest BCUT2D eigenvalue weighted by Crippen LogP contribution is 2.28. The number of halogens is 1. The Kier molecular flexibility index (Phi) is 6.19. The third kappa shape index (κ3) is 4.95. The molecule has 130 valence electrons. The molecule has 2 rings (SSSR count). The molecule has 0 saturated heterocycles. The average molecular weight is 353 g/mol. The molecular weight excluding hydrogens is 333 g/mol. The van der Waals surface area contributed by atoms with Gasteiger partial charge in [-0.15, -0.1) is 10.2 Å². The van der Waals surface area contributed by atoms with Crippen molar-refractivity contribution in [2.75, 3.05) is 14.1 Å². The van der Waals surface area contributed by atoms with Crippen molar-refractivity contribution in [3.05, 3.63) is 36.0 Å². The van der Waals surface area contributed by atoms with Crippen LogP contribution in [0.3, 0.4) is 0 Å². The molecule has 0 spiro atoms. The fraction of sp³-hybridized carbons (Fsp3) is 0.438. The number of carbonyl (C=O) groups is 1. The maximum Gasteiger partial charge on any atom is 0.277 e. The molecule has 1 amide bonds. The van der Waals surface area contributed by atoms with Gasteiger partial charge in [0, 0.05) is 14.1 Å². The second kappa shape index (κ2) is 8.14. The zero-order valence-corrected chi connectivity index (χ0v) is 14.8. The quantitative estimate of drug-likeness (QED) is 0.713. The second-order valence-electron chi connectivity index (χ2n) is 5.72. The third-order valence-electron chi connectivity index (χ3n) is 3.14. The van der Waals surface area contributed by atoms with Gasteiger partial charge < -0.3 is 14.1 Å². The number of carbonyl (C=O) groups excluding carboxylic acids is 1. The van der Waals surface area contributed by atoms with Crippen LogP contribution >= 0.6 is 11.8 Å². The van der Waals surface area contributed by atoms with Crippen molar-refractivity contribution in [2.24, 2.45) is 5.92 Å².